The molecule has 0 aliphatic rings. The molecule has 140 valence electrons. The molecule has 0 aliphatic heterocycles. The topological polar surface area (TPSA) is 23.8 Å². The van der Waals surface area contributed by atoms with E-state index in [1.54, 1.807) is 17.5 Å². The normalized spacial score (nSPS) is 10.4. The van der Waals surface area contributed by atoms with Crippen molar-refractivity contribution in [3.63, 3.8) is 0 Å². The second-order valence-electron chi connectivity index (χ2n) is 6.47. The van der Waals surface area contributed by atoms with Crippen LogP contribution in [0, 0.1) is 40.0 Å². The van der Waals surface area contributed by atoms with Gasteiger partial charge in [-0.3, -0.25) is 0 Å². The van der Waals surface area contributed by atoms with E-state index in [1.807, 2.05) is 13.8 Å². The summed E-state index contributed by atoms with van der Waals surface area (Å²) in [7, 11) is 0. The van der Waals surface area contributed by atoms with E-state index in [1.165, 1.54) is 0 Å². The van der Waals surface area contributed by atoms with E-state index >= 15 is 0 Å². The first-order chi connectivity index (χ1) is 12.9. The van der Waals surface area contributed by atoms with Crippen LogP contribution in [0.25, 0.3) is 0 Å². The van der Waals surface area contributed by atoms with E-state index < -0.39 is 11.6 Å². The Morgan fingerprint density at radius 1 is 1.07 bits per heavy atom. The van der Waals surface area contributed by atoms with Crippen molar-refractivity contribution in [2.45, 2.75) is 50.8 Å². The average Bonchev–Trinajstić information content (AvgIpc) is 2.61. The van der Waals surface area contributed by atoms with Gasteiger partial charge in [-0.25, -0.2) is 13.2 Å². The lowest BCUT2D eigenvalue weighted by Crippen LogP contribution is -2.02. The minimum atomic E-state index is -0.837. The largest absolute Gasteiger partial charge is 0.206 e. The molecule has 5 heteroatoms. The van der Waals surface area contributed by atoms with Crippen molar-refractivity contribution in [2.24, 2.45) is 0 Å². The zero-order chi connectivity index (χ0) is 20.0. The zero-order valence-electron chi connectivity index (χ0n) is 15.5. The molecule has 0 amide bonds. The summed E-state index contributed by atoms with van der Waals surface area (Å²) in [5.74, 6) is 3.56. The smallest absolute Gasteiger partial charge is 0.142 e. The Balaban J connectivity index is 2.44. The van der Waals surface area contributed by atoms with E-state index in [9.17, 15) is 13.2 Å². The third-order valence-electron chi connectivity index (χ3n) is 4.12. The average molecular weight is 387 g/mol. The molecule has 1 nitrogen and oxygen atoms in total. The molecule has 0 N–H and O–H groups in total. The number of nitrogens with zero attached hydrogens (tertiary/aromatic N) is 1. The maximum atomic E-state index is 14.9. The number of unbranched alkanes of at least 4 members (excludes halogenated alkanes) is 1. The quantitative estimate of drug-likeness (QED) is 0.330. The number of nitriles is 1. The van der Waals surface area contributed by atoms with Crippen LogP contribution in [0.5, 0.6) is 0 Å². The van der Waals surface area contributed by atoms with Gasteiger partial charge >= 0.3 is 0 Å². The summed E-state index contributed by atoms with van der Waals surface area (Å²) in [6, 6.07) is 5.66. The van der Waals surface area contributed by atoms with Gasteiger partial charge in [-0.05, 0) is 54.3 Å². The molecule has 2 aromatic carbocycles. The van der Waals surface area contributed by atoms with Gasteiger partial charge in [0.2, 0.25) is 0 Å². The molecule has 0 aliphatic carbocycles. The maximum absolute atomic E-state index is 14.9. The molecule has 0 saturated heterocycles. The van der Waals surface area contributed by atoms with Crippen molar-refractivity contribution in [1.29, 1.82) is 5.26 Å². The van der Waals surface area contributed by atoms with Gasteiger partial charge in [0.05, 0.1) is 4.90 Å². The SMILES string of the molecule is CCCCc1ccc(C#Cc2cc(F)c(SC#N)c(F)c2)c(C(C)C)c1F. The fourth-order valence-electron chi connectivity index (χ4n) is 2.79. The van der Waals surface area contributed by atoms with Crippen LogP contribution in [0.2, 0.25) is 0 Å². The van der Waals surface area contributed by atoms with Crippen LogP contribution in [0.1, 0.15) is 61.8 Å². The van der Waals surface area contributed by atoms with Gasteiger partial charge < -0.3 is 0 Å². The maximum Gasteiger partial charge on any atom is 0.142 e. The highest BCUT2D eigenvalue weighted by atomic mass is 32.2. The first-order valence-corrected chi connectivity index (χ1v) is 9.58. The van der Waals surface area contributed by atoms with E-state index in [0.717, 1.165) is 25.0 Å². The highest BCUT2D eigenvalue weighted by Crippen LogP contribution is 2.27. The highest BCUT2D eigenvalue weighted by Gasteiger charge is 2.15. The van der Waals surface area contributed by atoms with E-state index in [4.69, 9.17) is 5.26 Å². The van der Waals surface area contributed by atoms with Crippen LogP contribution in [0.15, 0.2) is 29.2 Å². The molecule has 0 fully saturated rings. The Kier molecular flexibility index (Phi) is 7.39. The van der Waals surface area contributed by atoms with Crippen LogP contribution >= 0.6 is 11.8 Å². The molecule has 2 rings (SSSR count). The fraction of sp³-hybridized carbons (Fsp3) is 0.318. The Bertz CT molecular complexity index is 910. The molecular formula is C22H20F3NS. The van der Waals surface area contributed by atoms with Crippen molar-refractivity contribution < 1.29 is 13.2 Å². The Morgan fingerprint density at radius 3 is 2.30 bits per heavy atom. The molecule has 0 spiro atoms. The van der Waals surface area contributed by atoms with Crippen molar-refractivity contribution in [3.05, 3.63) is 64.0 Å². The van der Waals surface area contributed by atoms with Crippen LogP contribution in [0.3, 0.4) is 0 Å². The third-order valence-corrected chi connectivity index (χ3v) is 4.81. The molecule has 0 saturated carbocycles. The minimum Gasteiger partial charge on any atom is -0.206 e. The Morgan fingerprint density at radius 2 is 1.74 bits per heavy atom. The molecule has 0 aromatic heterocycles. The summed E-state index contributed by atoms with van der Waals surface area (Å²) >= 11 is 0.426. The van der Waals surface area contributed by atoms with Gasteiger partial charge in [0.25, 0.3) is 0 Å². The predicted molar refractivity (Wildman–Crippen MR) is 103 cm³/mol. The molecule has 27 heavy (non-hydrogen) atoms. The Hall–Kier alpha value is -2.37. The first-order valence-electron chi connectivity index (χ1n) is 8.77. The number of hydrogen-bond acceptors (Lipinski definition) is 2. The number of benzene rings is 2. The first kappa shape index (κ1) is 20.9. The van der Waals surface area contributed by atoms with E-state index in [2.05, 4.69) is 18.8 Å². The molecule has 0 bridgehead atoms. The van der Waals surface area contributed by atoms with Gasteiger partial charge in [-0.15, -0.1) is 0 Å². The molecule has 0 heterocycles. The minimum absolute atomic E-state index is 0.0706. The van der Waals surface area contributed by atoms with Gasteiger partial charge in [-0.1, -0.05) is 45.1 Å². The van der Waals surface area contributed by atoms with Gasteiger partial charge in [0, 0.05) is 16.7 Å². The van der Waals surface area contributed by atoms with E-state index in [0.29, 0.717) is 34.9 Å². The number of hydrogen-bond donors (Lipinski definition) is 0. The van der Waals surface area contributed by atoms with Crippen LogP contribution < -0.4 is 0 Å². The second-order valence-corrected chi connectivity index (χ2v) is 7.27. The molecular weight excluding hydrogens is 367 g/mol. The summed E-state index contributed by atoms with van der Waals surface area (Å²) in [5, 5.41) is 10.2. The van der Waals surface area contributed by atoms with Crippen LogP contribution in [-0.2, 0) is 6.42 Å². The van der Waals surface area contributed by atoms with Gasteiger partial charge in [-0.2, -0.15) is 5.26 Å². The lowest BCUT2D eigenvalue weighted by molar-refractivity contribution is 0.540. The number of thiocyanates is 1. The van der Waals surface area contributed by atoms with Crippen molar-refractivity contribution in [1.82, 2.24) is 0 Å². The lowest BCUT2D eigenvalue weighted by Gasteiger charge is -2.13. The zero-order valence-corrected chi connectivity index (χ0v) is 16.3. The predicted octanol–water partition coefficient (Wildman–Crippen LogP) is 6.54. The van der Waals surface area contributed by atoms with E-state index in [-0.39, 0.29) is 22.2 Å². The standard InChI is InChI=1S/C22H20F3NS/c1-4-5-6-17-10-9-16(20(14(2)3)21(17)25)8-7-15-11-18(23)22(27-13-26)19(24)12-15/h9-12,14H,4-6H2,1-3H3. The van der Waals surface area contributed by atoms with Gasteiger partial charge in [0.15, 0.2) is 0 Å². The third kappa shape index (κ3) is 5.08. The molecule has 2 aromatic rings. The highest BCUT2D eigenvalue weighted by molar-refractivity contribution is 8.03. The number of rotatable bonds is 5. The molecule has 0 radical (unpaired) electrons. The second kappa shape index (κ2) is 9.53. The molecule has 0 unspecified atom stereocenters. The fourth-order valence-corrected chi connectivity index (χ4v) is 3.19. The van der Waals surface area contributed by atoms with Crippen molar-refractivity contribution in [3.8, 4) is 17.2 Å². The Labute approximate surface area is 162 Å². The summed E-state index contributed by atoms with van der Waals surface area (Å²) in [5.41, 5.74) is 1.84. The summed E-state index contributed by atoms with van der Waals surface area (Å²) in [6.07, 6.45) is 2.56. The summed E-state index contributed by atoms with van der Waals surface area (Å²) in [4.78, 5) is -0.350. The summed E-state index contributed by atoms with van der Waals surface area (Å²) < 4.78 is 42.7. The monoisotopic (exact) mass is 387 g/mol. The van der Waals surface area contributed by atoms with Crippen molar-refractivity contribution >= 4 is 11.8 Å². The number of halogens is 3. The van der Waals surface area contributed by atoms with Gasteiger partial charge in [0.1, 0.15) is 22.9 Å². The number of thioether (sulfide) groups is 1. The lowest BCUT2D eigenvalue weighted by atomic mass is 9.92. The number of aryl methyl sites for hydroxylation is 1. The van der Waals surface area contributed by atoms with Crippen LogP contribution in [-0.4, -0.2) is 0 Å². The van der Waals surface area contributed by atoms with Crippen molar-refractivity contribution in [2.75, 3.05) is 0 Å². The van der Waals surface area contributed by atoms with Crippen LogP contribution in [0.4, 0.5) is 13.2 Å². The molecule has 0 atom stereocenters. The summed E-state index contributed by atoms with van der Waals surface area (Å²) in [6.45, 7) is 5.83.